The Hall–Kier alpha value is -0.810. The maximum Gasteiger partial charge on any atom is 0.179 e. The highest BCUT2D eigenvalue weighted by molar-refractivity contribution is 7.99. The minimum Gasteiger partial charge on any atom is -0.329 e. The largest absolute Gasteiger partial charge is 0.329 e. The maximum absolute atomic E-state index is 5.49. The van der Waals surface area contributed by atoms with Crippen molar-refractivity contribution in [1.29, 1.82) is 0 Å². The summed E-state index contributed by atoms with van der Waals surface area (Å²) in [5.41, 5.74) is 3.24. The van der Waals surface area contributed by atoms with Crippen LogP contribution in [-0.4, -0.2) is 26.0 Å². The molecule has 18 heavy (non-hydrogen) atoms. The summed E-state index contributed by atoms with van der Waals surface area (Å²) in [5, 5.41) is 0.666. The summed E-state index contributed by atoms with van der Waals surface area (Å²) in [7, 11) is 0. The third-order valence-electron chi connectivity index (χ3n) is 3.74. The molecule has 0 aromatic carbocycles. The van der Waals surface area contributed by atoms with Crippen LogP contribution in [-0.2, 0) is 0 Å². The number of nitrogens with one attached hydrogen (secondary N) is 1. The summed E-state index contributed by atoms with van der Waals surface area (Å²) in [6.45, 7) is 2.06. The summed E-state index contributed by atoms with van der Waals surface area (Å²) in [5.74, 6) is 0. The van der Waals surface area contributed by atoms with Crippen molar-refractivity contribution in [1.82, 2.24) is 14.5 Å². The van der Waals surface area contributed by atoms with Gasteiger partial charge in [0.2, 0.25) is 0 Å². The zero-order valence-corrected chi connectivity index (χ0v) is 12.3. The van der Waals surface area contributed by atoms with E-state index in [-0.39, 0.29) is 0 Å². The number of aromatic amines is 1. The molecule has 3 rings (SSSR count). The number of hydrogen-bond acceptors (Lipinski definition) is 3. The maximum atomic E-state index is 5.49. The number of rotatable bonds is 2. The van der Waals surface area contributed by atoms with Gasteiger partial charge in [0, 0.05) is 17.5 Å². The molecule has 96 valence electrons. The summed E-state index contributed by atoms with van der Waals surface area (Å²) < 4.78 is 3.05. The van der Waals surface area contributed by atoms with Gasteiger partial charge in [0.15, 0.2) is 10.4 Å². The summed E-state index contributed by atoms with van der Waals surface area (Å²) in [4.78, 5) is 7.87. The summed E-state index contributed by atoms with van der Waals surface area (Å²) >= 11 is 7.44. The van der Waals surface area contributed by atoms with E-state index in [9.17, 15) is 0 Å². The van der Waals surface area contributed by atoms with E-state index in [4.69, 9.17) is 12.2 Å². The third kappa shape index (κ3) is 1.89. The Morgan fingerprint density at radius 1 is 1.50 bits per heavy atom. The predicted molar refractivity (Wildman–Crippen MR) is 79.8 cm³/mol. The van der Waals surface area contributed by atoms with E-state index in [1.165, 1.54) is 24.8 Å². The smallest absolute Gasteiger partial charge is 0.179 e. The van der Waals surface area contributed by atoms with Crippen molar-refractivity contribution < 1.29 is 0 Å². The van der Waals surface area contributed by atoms with Crippen LogP contribution >= 0.6 is 24.0 Å². The first-order valence-electron chi connectivity index (χ1n) is 6.30. The van der Waals surface area contributed by atoms with Gasteiger partial charge in [-0.1, -0.05) is 6.42 Å². The average molecular weight is 279 g/mol. The lowest BCUT2D eigenvalue weighted by Crippen LogP contribution is -2.16. The molecule has 0 bridgehead atoms. The van der Waals surface area contributed by atoms with Crippen molar-refractivity contribution in [2.75, 3.05) is 6.26 Å². The molecule has 2 heterocycles. The second kappa shape index (κ2) is 4.70. The van der Waals surface area contributed by atoms with Crippen LogP contribution in [0.3, 0.4) is 0 Å². The normalized spacial score (nSPS) is 23.9. The molecular weight excluding hydrogens is 262 g/mol. The molecule has 0 aliphatic heterocycles. The standard InChI is InChI=1S/C13H17N3S2/c1-8-6-9-12(14-7-8)16(13(17)15-9)10-4-3-5-11(10)18-2/h6-7,10-11H,3-5H2,1-2H3,(H,15,17). The highest BCUT2D eigenvalue weighted by Gasteiger charge is 2.29. The monoisotopic (exact) mass is 279 g/mol. The molecular formula is C13H17N3S2. The molecule has 1 aliphatic rings. The van der Waals surface area contributed by atoms with Crippen LogP contribution < -0.4 is 0 Å². The molecule has 3 nitrogen and oxygen atoms in total. The summed E-state index contributed by atoms with van der Waals surface area (Å²) in [6.07, 6.45) is 7.90. The van der Waals surface area contributed by atoms with Crippen molar-refractivity contribution in [3.63, 3.8) is 0 Å². The van der Waals surface area contributed by atoms with Crippen LogP contribution in [0.5, 0.6) is 0 Å². The first-order chi connectivity index (χ1) is 8.70. The molecule has 2 aromatic heterocycles. The highest BCUT2D eigenvalue weighted by atomic mass is 32.2. The Labute approximate surface area is 116 Å². The number of imidazole rings is 1. The number of fused-ring (bicyclic) bond motifs is 1. The zero-order chi connectivity index (χ0) is 12.7. The van der Waals surface area contributed by atoms with Crippen molar-refractivity contribution >= 4 is 35.1 Å². The number of hydrogen-bond donors (Lipinski definition) is 1. The number of aryl methyl sites for hydroxylation is 1. The van der Waals surface area contributed by atoms with Gasteiger partial charge in [0.05, 0.1) is 5.52 Å². The van der Waals surface area contributed by atoms with E-state index >= 15 is 0 Å². The second-order valence-corrected chi connectivity index (χ2v) is 6.42. The fourth-order valence-electron chi connectivity index (χ4n) is 2.90. The third-order valence-corrected chi connectivity index (χ3v) is 5.20. The molecule has 0 saturated heterocycles. The molecule has 0 radical (unpaired) electrons. The average Bonchev–Trinajstić information content (AvgIpc) is 2.90. The van der Waals surface area contributed by atoms with Crippen molar-refractivity contribution in [2.45, 2.75) is 37.5 Å². The molecule has 1 fully saturated rings. The zero-order valence-electron chi connectivity index (χ0n) is 10.6. The van der Waals surface area contributed by atoms with E-state index in [0.717, 1.165) is 15.9 Å². The van der Waals surface area contributed by atoms with E-state index in [1.54, 1.807) is 0 Å². The number of nitrogens with zero attached hydrogens (tertiary/aromatic N) is 2. The first-order valence-corrected chi connectivity index (χ1v) is 8.00. The van der Waals surface area contributed by atoms with Crippen LogP contribution in [0, 0.1) is 11.7 Å². The Bertz CT molecular complexity index is 629. The quantitative estimate of drug-likeness (QED) is 0.848. The van der Waals surface area contributed by atoms with Crippen LogP contribution in [0.15, 0.2) is 12.3 Å². The van der Waals surface area contributed by atoms with E-state index < -0.39 is 0 Å². The Balaban J connectivity index is 2.16. The van der Waals surface area contributed by atoms with Gasteiger partial charge in [-0.3, -0.25) is 4.57 Å². The van der Waals surface area contributed by atoms with Gasteiger partial charge >= 0.3 is 0 Å². The number of thioether (sulfide) groups is 1. The molecule has 0 spiro atoms. The van der Waals surface area contributed by atoms with Gasteiger partial charge < -0.3 is 4.98 Å². The van der Waals surface area contributed by atoms with E-state index in [2.05, 4.69) is 33.8 Å². The Morgan fingerprint density at radius 3 is 3.11 bits per heavy atom. The highest BCUT2D eigenvalue weighted by Crippen LogP contribution is 2.38. The fourth-order valence-corrected chi connectivity index (χ4v) is 4.21. The molecule has 5 heteroatoms. The Kier molecular flexibility index (Phi) is 3.20. The molecule has 2 unspecified atom stereocenters. The molecule has 1 N–H and O–H groups in total. The van der Waals surface area contributed by atoms with Crippen molar-refractivity contribution in [3.8, 4) is 0 Å². The topological polar surface area (TPSA) is 33.6 Å². The Morgan fingerprint density at radius 2 is 2.33 bits per heavy atom. The minimum atomic E-state index is 0.497. The van der Waals surface area contributed by atoms with Gasteiger partial charge in [-0.2, -0.15) is 11.8 Å². The molecule has 2 aromatic rings. The molecule has 1 aliphatic carbocycles. The number of pyridine rings is 1. The lowest BCUT2D eigenvalue weighted by atomic mass is 10.2. The van der Waals surface area contributed by atoms with E-state index in [1.807, 2.05) is 18.0 Å². The van der Waals surface area contributed by atoms with Crippen LogP contribution in [0.1, 0.15) is 30.9 Å². The van der Waals surface area contributed by atoms with Gasteiger partial charge in [-0.05, 0) is 49.9 Å². The first kappa shape index (κ1) is 12.2. The van der Waals surface area contributed by atoms with Gasteiger partial charge in [-0.15, -0.1) is 0 Å². The molecule has 0 amide bonds. The van der Waals surface area contributed by atoms with Crippen molar-refractivity contribution in [2.24, 2.45) is 0 Å². The fraction of sp³-hybridized carbons (Fsp3) is 0.538. The summed E-state index contributed by atoms with van der Waals surface area (Å²) in [6, 6.07) is 2.62. The van der Waals surface area contributed by atoms with E-state index in [0.29, 0.717) is 11.3 Å². The van der Waals surface area contributed by atoms with Gasteiger partial charge in [0.25, 0.3) is 0 Å². The molecule has 2 atom stereocenters. The number of aromatic nitrogens is 3. The predicted octanol–water partition coefficient (Wildman–Crippen LogP) is 3.86. The minimum absolute atomic E-state index is 0.497. The van der Waals surface area contributed by atoms with Gasteiger partial charge in [-0.25, -0.2) is 4.98 Å². The lowest BCUT2D eigenvalue weighted by Gasteiger charge is -2.19. The SMILES string of the molecule is CSC1CCCC1n1c(=S)[nH]c2cc(C)cnc21. The lowest BCUT2D eigenvalue weighted by molar-refractivity contribution is 0.533. The van der Waals surface area contributed by atoms with Gasteiger partial charge in [0.1, 0.15) is 0 Å². The molecule has 1 saturated carbocycles. The van der Waals surface area contributed by atoms with Crippen LogP contribution in [0.4, 0.5) is 0 Å². The van der Waals surface area contributed by atoms with Crippen molar-refractivity contribution in [3.05, 3.63) is 22.6 Å². The second-order valence-electron chi connectivity index (χ2n) is 4.96. The van der Waals surface area contributed by atoms with Crippen LogP contribution in [0.25, 0.3) is 11.2 Å². The number of H-pyrrole nitrogens is 1. The van der Waals surface area contributed by atoms with Crippen LogP contribution in [0.2, 0.25) is 0 Å².